The fourth-order valence-corrected chi connectivity index (χ4v) is 2.65. The molecule has 106 valence electrons. The van der Waals surface area contributed by atoms with Crippen molar-refractivity contribution in [3.05, 3.63) is 23.8 Å². The first-order valence-corrected chi connectivity index (χ1v) is 6.60. The summed E-state index contributed by atoms with van der Waals surface area (Å²) in [6.45, 7) is 3.91. The van der Waals surface area contributed by atoms with Crippen LogP contribution in [-0.2, 0) is 19.1 Å². The van der Waals surface area contributed by atoms with Crippen LogP contribution in [0.4, 0.5) is 0 Å². The molecule has 1 rings (SSSR count). The SMILES string of the molecule is C/C=C1\C=C[C@H](CCC)[C@H](C(=O)OC)[C@@H]1C(=O)OC. The molecule has 1 aliphatic carbocycles. The van der Waals surface area contributed by atoms with Crippen LogP contribution in [0.25, 0.3) is 0 Å². The van der Waals surface area contributed by atoms with Crippen molar-refractivity contribution in [1.29, 1.82) is 0 Å². The molecule has 0 radical (unpaired) electrons. The van der Waals surface area contributed by atoms with Crippen molar-refractivity contribution >= 4 is 11.9 Å². The highest BCUT2D eigenvalue weighted by atomic mass is 16.5. The van der Waals surface area contributed by atoms with Crippen molar-refractivity contribution in [3.63, 3.8) is 0 Å². The minimum atomic E-state index is -0.566. The Hall–Kier alpha value is -1.58. The van der Waals surface area contributed by atoms with E-state index in [0.717, 1.165) is 18.4 Å². The predicted octanol–water partition coefficient (Wildman–Crippen LogP) is 2.50. The van der Waals surface area contributed by atoms with Crippen molar-refractivity contribution in [1.82, 2.24) is 0 Å². The molecule has 19 heavy (non-hydrogen) atoms. The highest BCUT2D eigenvalue weighted by Crippen LogP contribution is 2.37. The van der Waals surface area contributed by atoms with E-state index in [-0.39, 0.29) is 17.9 Å². The first kappa shape index (κ1) is 15.5. The molecular formula is C15H22O4. The molecule has 4 nitrogen and oxygen atoms in total. The van der Waals surface area contributed by atoms with E-state index in [1.165, 1.54) is 14.2 Å². The first-order chi connectivity index (χ1) is 9.10. The lowest BCUT2D eigenvalue weighted by Gasteiger charge is -2.32. The van der Waals surface area contributed by atoms with Crippen LogP contribution in [0.1, 0.15) is 26.7 Å². The smallest absolute Gasteiger partial charge is 0.314 e. The summed E-state index contributed by atoms with van der Waals surface area (Å²) >= 11 is 0. The van der Waals surface area contributed by atoms with Crippen molar-refractivity contribution in [2.24, 2.45) is 17.8 Å². The molecule has 0 N–H and O–H groups in total. The summed E-state index contributed by atoms with van der Waals surface area (Å²) in [6.07, 6.45) is 7.56. The zero-order valence-electron chi connectivity index (χ0n) is 12.0. The third kappa shape index (κ3) is 3.25. The highest BCUT2D eigenvalue weighted by molar-refractivity contribution is 5.86. The maximum absolute atomic E-state index is 12.1. The van der Waals surface area contributed by atoms with Gasteiger partial charge >= 0.3 is 11.9 Å². The lowest BCUT2D eigenvalue weighted by atomic mass is 9.71. The standard InChI is InChI=1S/C15H22O4/c1-5-7-11-9-8-10(6-2)12(14(16)18-3)13(11)15(17)19-4/h6,8-9,11-13H,5,7H2,1-4H3/b10-6+/t11-,12+,13-/m0/s1. The van der Waals surface area contributed by atoms with Gasteiger partial charge < -0.3 is 9.47 Å². The summed E-state index contributed by atoms with van der Waals surface area (Å²) in [6, 6.07) is 0. The molecule has 0 saturated heterocycles. The molecule has 0 saturated carbocycles. The lowest BCUT2D eigenvalue weighted by molar-refractivity contribution is -0.157. The van der Waals surface area contributed by atoms with Gasteiger partial charge in [-0.2, -0.15) is 0 Å². The molecule has 4 heteroatoms. The zero-order valence-corrected chi connectivity index (χ0v) is 12.0. The second-order valence-electron chi connectivity index (χ2n) is 4.65. The second-order valence-corrected chi connectivity index (χ2v) is 4.65. The van der Waals surface area contributed by atoms with Gasteiger partial charge in [0.05, 0.1) is 26.1 Å². The Labute approximate surface area is 114 Å². The third-order valence-corrected chi connectivity index (χ3v) is 3.60. The number of carbonyl (C=O) groups is 2. The fourth-order valence-electron chi connectivity index (χ4n) is 2.65. The van der Waals surface area contributed by atoms with E-state index in [9.17, 15) is 9.59 Å². The van der Waals surface area contributed by atoms with E-state index >= 15 is 0 Å². The van der Waals surface area contributed by atoms with Crippen LogP contribution < -0.4 is 0 Å². The summed E-state index contributed by atoms with van der Waals surface area (Å²) in [4.78, 5) is 24.1. The van der Waals surface area contributed by atoms with Gasteiger partial charge in [0.25, 0.3) is 0 Å². The van der Waals surface area contributed by atoms with Gasteiger partial charge in [0, 0.05) is 0 Å². The van der Waals surface area contributed by atoms with Crippen molar-refractivity contribution in [3.8, 4) is 0 Å². The van der Waals surface area contributed by atoms with Gasteiger partial charge in [0.2, 0.25) is 0 Å². The minimum absolute atomic E-state index is 0.0187. The van der Waals surface area contributed by atoms with E-state index in [4.69, 9.17) is 9.47 Å². The highest BCUT2D eigenvalue weighted by Gasteiger charge is 2.43. The Morgan fingerprint density at radius 3 is 2.37 bits per heavy atom. The number of methoxy groups -OCH3 is 2. The summed E-state index contributed by atoms with van der Waals surface area (Å²) in [7, 11) is 2.70. The number of rotatable bonds is 4. The molecule has 3 atom stereocenters. The topological polar surface area (TPSA) is 52.6 Å². The van der Waals surface area contributed by atoms with Crippen LogP contribution >= 0.6 is 0 Å². The molecular weight excluding hydrogens is 244 g/mol. The van der Waals surface area contributed by atoms with E-state index in [0.29, 0.717) is 0 Å². The molecule has 0 aliphatic heterocycles. The Morgan fingerprint density at radius 1 is 1.26 bits per heavy atom. The van der Waals surface area contributed by atoms with Gasteiger partial charge in [-0.15, -0.1) is 0 Å². The Bertz CT molecular complexity index is 395. The van der Waals surface area contributed by atoms with E-state index in [1.54, 1.807) is 0 Å². The number of allylic oxidation sites excluding steroid dienone is 3. The maximum Gasteiger partial charge on any atom is 0.314 e. The van der Waals surface area contributed by atoms with Crippen molar-refractivity contribution < 1.29 is 19.1 Å². The average Bonchev–Trinajstić information content (AvgIpc) is 2.45. The van der Waals surface area contributed by atoms with Crippen molar-refractivity contribution in [2.45, 2.75) is 26.7 Å². The van der Waals surface area contributed by atoms with Crippen LogP contribution in [0.3, 0.4) is 0 Å². The molecule has 0 amide bonds. The molecule has 0 bridgehead atoms. The quantitative estimate of drug-likeness (QED) is 0.734. The van der Waals surface area contributed by atoms with Crippen molar-refractivity contribution in [2.75, 3.05) is 14.2 Å². The Morgan fingerprint density at radius 2 is 1.89 bits per heavy atom. The minimum Gasteiger partial charge on any atom is -0.469 e. The van der Waals surface area contributed by atoms with Crippen LogP contribution in [0.15, 0.2) is 23.8 Å². The van der Waals surface area contributed by atoms with E-state index in [2.05, 4.69) is 6.92 Å². The van der Waals surface area contributed by atoms with E-state index < -0.39 is 11.8 Å². The number of ether oxygens (including phenoxy) is 2. The lowest BCUT2D eigenvalue weighted by Crippen LogP contribution is -2.39. The van der Waals surface area contributed by atoms with Crippen LogP contribution in [-0.4, -0.2) is 26.2 Å². The predicted molar refractivity (Wildman–Crippen MR) is 72.3 cm³/mol. The summed E-state index contributed by atoms with van der Waals surface area (Å²) < 4.78 is 9.73. The van der Waals surface area contributed by atoms with Gasteiger partial charge in [-0.25, -0.2) is 0 Å². The van der Waals surface area contributed by atoms with Gasteiger partial charge in [0.1, 0.15) is 0 Å². The van der Waals surface area contributed by atoms with Gasteiger partial charge in [-0.05, 0) is 24.8 Å². The van der Waals surface area contributed by atoms with E-state index in [1.807, 2.05) is 25.2 Å². The van der Waals surface area contributed by atoms with Crippen LogP contribution in [0.2, 0.25) is 0 Å². The molecule has 0 aromatic heterocycles. The fraction of sp³-hybridized carbons (Fsp3) is 0.600. The molecule has 0 unspecified atom stereocenters. The summed E-state index contributed by atoms with van der Waals surface area (Å²) in [5.41, 5.74) is 0.814. The van der Waals surface area contributed by atoms with Gasteiger partial charge in [-0.1, -0.05) is 31.6 Å². The zero-order chi connectivity index (χ0) is 14.4. The van der Waals surface area contributed by atoms with Gasteiger partial charge in [0.15, 0.2) is 0 Å². The van der Waals surface area contributed by atoms with Crippen LogP contribution in [0.5, 0.6) is 0 Å². The average molecular weight is 266 g/mol. The molecule has 0 aromatic rings. The van der Waals surface area contributed by atoms with Crippen LogP contribution in [0, 0.1) is 17.8 Å². The maximum atomic E-state index is 12.1. The number of hydrogen-bond donors (Lipinski definition) is 0. The molecule has 0 spiro atoms. The monoisotopic (exact) mass is 266 g/mol. The normalized spacial score (nSPS) is 28.2. The molecule has 0 fully saturated rings. The second kappa shape index (κ2) is 7.12. The number of hydrogen-bond acceptors (Lipinski definition) is 4. The summed E-state index contributed by atoms with van der Waals surface area (Å²) in [5, 5.41) is 0. The molecule has 0 aromatic carbocycles. The third-order valence-electron chi connectivity index (χ3n) is 3.60. The Kier molecular flexibility index (Phi) is 5.80. The Balaban J connectivity index is 3.20. The number of carbonyl (C=O) groups excluding carboxylic acids is 2. The van der Waals surface area contributed by atoms with Gasteiger partial charge in [-0.3, -0.25) is 9.59 Å². The molecule has 0 heterocycles. The number of esters is 2. The first-order valence-electron chi connectivity index (χ1n) is 6.60. The molecule has 1 aliphatic rings. The largest absolute Gasteiger partial charge is 0.469 e. The summed E-state index contributed by atoms with van der Waals surface area (Å²) in [5.74, 6) is -1.77.